The molecule has 3 heteroatoms. The molecule has 0 fully saturated rings. The van der Waals surface area contributed by atoms with Gasteiger partial charge in [0.1, 0.15) is 0 Å². The first-order valence-electron chi connectivity index (χ1n) is 7.64. The molecule has 3 nitrogen and oxygen atoms in total. The second-order valence-corrected chi connectivity index (χ2v) is 5.35. The van der Waals surface area contributed by atoms with E-state index in [1.54, 1.807) is 0 Å². The predicted molar refractivity (Wildman–Crippen MR) is 90.8 cm³/mol. The van der Waals surface area contributed by atoms with E-state index in [1.807, 2.05) is 55.5 Å². The van der Waals surface area contributed by atoms with Crippen molar-refractivity contribution in [3.8, 4) is 0 Å². The first-order valence-corrected chi connectivity index (χ1v) is 7.64. The Labute approximate surface area is 132 Å². The van der Waals surface area contributed by atoms with E-state index >= 15 is 0 Å². The Kier molecular flexibility index (Phi) is 6.37. The summed E-state index contributed by atoms with van der Waals surface area (Å²) in [5.74, 6) is -0.0390. The predicted octanol–water partition coefficient (Wildman–Crippen LogP) is 3.74. The highest BCUT2D eigenvalue weighted by molar-refractivity contribution is 5.84. The van der Waals surface area contributed by atoms with Gasteiger partial charge in [-0.15, -0.1) is 0 Å². The van der Waals surface area contributed by atoms with E-state index in [0.29, 0.717) is 6.42 Å². The zero-order valence-electron chi connectivity index (χ0n) is 13.0. The summed E-state index contributed by atoms with van der Waals surface area (Å²) in [5.41, 5.74) is 6.03. The number of hydrazone groups is 1. The van der Waals surface area contributed by atoms with E-state index in [2.05, 4.69) is 22.7 Å². The molecule has 0 aliphatic carbocycles. The Hall–Kier alpha value is -2.42. The molecule has 0 saturated carbocycles. The fourth-order valence-corrected chi connectivity index (χ4v) is 2.14. The summed E-state index contributed by atoms with van der Waals surface area (Å²) in [4.78, 5) is 11.8. The Bertz CT molecular complexity index is 606. The molecule has 2 aromatic carbocycles. The largest absolute Gasteiger partial charge is 0.273 e. The maximum absolute atomic E-state index is 11.8. The van der Waals surface area contributed by atoms with E-state index in [4.69, 9.17) is 0 Å². The normalized spacial score (nSPS) is 11.2. The van der Waals surface area contributed by atoms with Crippen molar-refractivity contribution in [2.75, 3.05) is 0 Å². The third-order valence-corrected chi connectivity index (χ3v) is 3.47. The topological polar surface area (TPSA) is 41.5 Å². The minimum atomic E-state index is -0.0390. The van der Waals surface area contributed by atoms with Crippen LogP contribution in [0.5, 0.6) is 0 Å². The van der Waals surface area contributed by atoms with Gasteiger partial charge >= 0.3 is 0 Å². The lowest BCUT2D eigenvalue weighted by atomic mass is 10.1. The molecular weight excluding hydrogens is 272 g/mol. The molecule has 1 N–H and O–H groups in total. The van der Waals surface area contributed by atoms with Crippen LogP contribution in [-0.4, -0.2) is 11.6 Å². The number of benzene rings is 2. The van der Waals surface area contributed by atoms with Gasteiger partial charge in [0.25, 0.3) is 0 Å². The van der Waals surface area contributed by atoms with E-state index in [9.17, 15) is 4.79 Å². The van der Waals surface area contributed by atoms with Crippen LogP contribution in [0.25, 0.3) is 0 Å². The molecule has 0 aromatic heterocycles. The van der Waals surface area contributed by atoms with Gasteiger partial charge in [-0.2, -0.15) is 5.10 Å². The second kappa shape index (κ2) is 8.78. The van der Waals surface area contributed by atoms with Crippen LogP contribution in [0.2, 0.25) is 0 Å². The van der Waals surface area contributed by atoms with E-state index in [-0.39, 0.29) is 5.91 Å². The number of rotatable bonds is 7. The lowest BCUT2D eigenvalue weighted by Gasteiger charge is -2.04. The molecule has 0 aliphatic heterocycles. The van der Waals surface area contributed by atoms with Crippen molar-refractivity contribution in [2.45, 2.75) is 32.6 Å². The smallest absolute Gasteiger partial charge is 0.240 e. The van der Waals surface area contributed by atoms with Crippen molar-refractivity contribution in [2.24, 2.45) is 5.10 Å². The molecule has 0 spiro atoms. The lowest BCUT2D eigenvalue weighted by Crippen LogP contribution is -2.19. The van der Waals surface area contributed by atoms with Crippen LogP contribution >= 0.6 is 0 Å². The van der Waals surface area contributed by atoms with Gasteiger partial charge in [-0.3, -0.25) is 4.79 Å². The standard InChI is InChI=1S/C19H22N2O/c1-16(12-13-17-8-4-2-5-9-17)20-21-19(22)15-14-18-10-6-3-7-11-18/h2-11H,12-15H2,1H3,(H,21,22)/b20-16-. The van der Waals surface area contributed by atoms with Crippen molar-refractivity contribution < 1.29 is 4.79 Å². The molecule has 0 atom stereocenters. The number of hydrogen-bond acceptors (Lipinski definition) is 2. The van der Waals surface area contributed by atoms with Gasteiger partial charge < -0.3 is 0 Å². The Morgan fingerprint density at radius 2 is 1.36 bits per heavy atom. The van der Waals surface area contributed by atoms with Crippen molar-refractivity contribution in [1.29, 1.82) is 0 Å². The maximum Gasteiger partial charge on any atom is 0.240 e. The van der Waals surface area contributed by atoms with Gasteiger partial charge in [0.15, 0.2) is 0 Å². The van der Waals surface area contributed by atoms with Gasteiger partial charge in [-0.05, 0) is 37.3 Å². The van der Waals surface area contributed by atoms with E-state index in [0.717, 1.165) is 25.0 Å². The van der Waals surface area contributed by atoms with Gasteiger partial charge in [0, 0.05) is 12.1 Å². The van der Waals surface area contributed by atoms with Crippen molar-refractivity contribution in [1.82, 2.24) is 5.43 Å². The average molecular weight is 294 g/mol. The molecular formula is C19H22N2O. The zero-order chi connectivity index (χ0) is 15.6. The molecule has 2 rings (SSSR count). The number of carbonyl (C=O) groups excluding carboxylic acids is 1. The van der Waals surface area contributed by atoms with Gasteiger partial charge in [-0.1, -0.05) is 60.7 Å². The van der Waals surface area contributed by atoms with Crippen LogP contribution in [0.4, 0.5) is 0 Å². The molecule has 2 aromatic rings. The van der Waals surface area contributed by atoms with Crippen LogP contribution in [-0.2, 0) is 17.6 Å². The molecule has 0 heterocycles. The number of hydrogen-bond donors (Lipinski definition) is 1. The van der Waals surface area contributed by atoms with E-state index < -0.39 is 0 Å². The first-order chi connectivity index (χ1) is 10.7. The summed E-state index contributed by atoms with van der Waals surface area (Å²) in [6.07, 6.45) is 2.99. The van der Waals surface area contributed by atoms with Crippen molar-refractivity contribution in [3.63, 3.8) is 0 Å². The van der Waals surface area contributed by atoms with Crippen LogP contribution in [0.1, 0.15) is 30.9 Å². The van der Waals surface area contributed by atoms with Crippen LogP contribution in [0.3, 0.4) is 0 Å². The number of nitrogens with zero attached hydrogens (tertiary/aromatic N) is 1. The highest BCUT2D eigenvalue weighted by atomic mass is 16.2. The Morgan fingerprint density at radius 1 is 0.864 bits per heavy atom. The first kappa shape index (κ1) is 16.0. The SMILES string of the molecule is C/C(CCc1ccccc1)=N/NC(=O)CCc1ccccc1. The van der Waals surface area contributed by atoms with Crippen molar-refractivity contribution in [3.05, 3.63) is 71.8 Å². The summed E-state index contributed by atoms with van der Waals surface area (Å²) < 4.78 is 0. The van der Waals surface area contributed by atoms with Gasteiger partial charge in [0.05, 0.1) is 0 Å². The van der Waals surface area contributed by atoms with E-state index in [1.165, 1.54) is 11.1 Å². The molecule has 0 radical (unpaired) electrons. The molecule has 22 heavy (non-hydrogen) atoms. The summed E-state index contributed by atoms with van der Waals surface area (Å²) in [6.45, 7) is 1.94. The lowest BCUT2D eigenvalue weighted by molar-refractivity contribution is -0.121. The number of aryl methyl sites for hydroxylation is 2. The summed E-state index contributed by atoms with van der Waals surface area (Å²) in [5, 5.41) is 4.17. The minimum absolute atomic E-state index is 0.0390. The third kappa shape index (κ3) is 5.92. The molecule has 0 unspecified atom stereocenters. The van der Waals surface area contributed by atoms with Crippen molar-refractivity contribution >= 4 is 11.6 Å². The Balaban J connectivity index is 1.70. The number of nitrogens with one attached hydrogen (secondary N) is 1. The Morgan fingerprint density at radius 3 is 1.91 bits per heavy atom. The second-order valence-electron chi connectivity index (χ2n) is 5.35. The van der Waals surface area contributed by atoms with Gasteiger partial charge in [-0.25, -0.2) is 5.43 Å². The fourth-order valence-electron chi connectivity index (χ4n) is 2.14. The molecule has 1 amide bonds. The zero-order valence-corrected chi connectivity index (χ0v) is 13.0. The molecule has 0 bridgehead atoms. The summed E-state index contributed by atoms with van der Waals surface area (Å²) in [7, 11) is 0. The summed E-state index contributed by atoms with van der Waals surface area (Å²) >= 11 is 0. The molecule has 0 aliphatic rings. The third-order valence-electron chi connectivity index (χ3n) is 3.47. The molecule has 114 valence electrons. The quantitative estimate of drug-likeness (QED) is 0.613. The molecule has 0 saturated heterocycles. The minimum Gasteiger partial charge on any atom is -0.273 e. The highest BCUT2D eigenvalue weighted by Gasteiger charge is 2.01. The number of amides is 1. The van der Waals surface area contributed by atoms with Gasteiger partial charge in [0.2, 0.25) is 5.91 Å². The average Bonchev–Trinajstić information content (AvgIpc) is 2.58. The highest BCUT2D eigenvalue weighted by Crippen LogP contribution is 2.04. The number of carbonyl (C=O) groups is 1. The fraction of sp³-hybridized carbons (Fsp3) is 0.263. The maximum atomic E-state index is 11.8. The summed E-state index contributed by atoms with van der Waals surface area (Å²) in [6, 6.07) is 20.3. The van der Waals surface area contributed by atoms with Crippen LogP contribution < -0.4 is 5.43 Å². The van der Waals surface area contributed by atoms with Crippen LogP contribution in [0.15, 0.2) is 65.8 Å². The monoisotopic (exact) mass is 294 g/mol. The van der Waals surface area contributed by atoms with Crippen LogP contribution in [0, 0.1) is 0 Å².